The Morgan fingerprint density at radius 1 is 1.25 bits per heavy atom. The van der Waals surface area contributed by atoms with Crippen LogP contribution in [0.25, 0.3) is 0 Å². The first-order chi connectivity index (χ1) is 9.52. The van der Waals surface area contributed by atoms with E-state index in [1.54, 1.807) is 7.11 Å². The molecule has 2 N–H and O–H groups in total. The second-order valence-electron chi connectivity index (χ2n) is 4.46. The van der Waals surface area contributed by atoms with Crippen LogP contribution in [0.3, 0.4) is 0 Å². The molecule has 2 aromatic rings. The summed E-state index contributed by atoms with van der Waals surface area (Å²) in [6.45, 7) is 1.76. The third kappa shape index (κ3) is 2.74. The first kappa shape index (κ1) is 13.9. The highest BCUT2D eigenvalue weighted by Crippen LogP contribution is 2.13. The number of aromatic amines is 1. The van der Waals surface area contributed by atoms with E-state index in [0.29, 0.717) is 6.42 Å². The van der Waals surface area contributed by atoms with E-state index in [1.807, 2.05) is 24.3 Å². The molecular weight excluding hydrogens is 260 g/mol. The maximum absolute atomic E-state index is 11.7. The summed E-state index contributed by atoms with van der Waals surface area (Å²) in [4.78, 5) is 25.2. The van der Waals surface area contributed by atoms with E-state index >= 15 is 0 Å². The average molecular weight is 276 g/mol. The quantitative estimate of drug-likeness (QED) is 0.865. The number of rotatable bonds is 4. The van der Waals surface area contributed by atoms with Crippen LogP contribution in [0.5, 0.6) is 11.6 Å². The zero-order valence-electron chi connectivity index (χ0n) is 11.3. The Kier molecular flexibility index (Phi) is 3.93. The molecule has 6 nitrogen and oxygen atoms in total. The number of hydrogen-bond donors (Lipinski definition) is 2. The largest absolute Gasteiger partial charge is 0.497 e. The molecule has 6 heteroatoms. The highest BCUT2D eigenvalue weighted by molar-refractivity contribution is 5.27. The zero-order valence-corrected chi connectivity index (χ0v) is 11.3. The van der Waals surface area contributed by atoms with E-state index in [1.165, 1.54) is 6.92 Å². The Bertz CT molecular complexity index is 713. The first-order valence-electron chi connectivity index (χ1n) is 6.18. The molecule has 0 radical (unpaired) electrons. The monoisotopic (exact) mass is 276 g/mol. The van der Waals surface area contributed by atoms with Gasteiger partial charge in [-0.2, -0.15) is 0 Å². The summed E-state index contributed by atoms with van der Waals surface area (Å²) in [5.41, 5.74) is -0.0277. The van der Waals surface area contributed by atoms with Gasteiger partial charge in [-0.15, -0.1) is 0 Å². The van der Waals surface area contributed by atoms with Gasteiger partial charge in [0.1, 0.15) is 5.75 Å². The van der Waals surface area contributed by atoms with Crippen LogP contribution < -0.4 is 16.0 Å². The Balaban J connectivity index is 2.20. The molecule has 1 heterocycles. The molecule has 0 unspecified atom stereocenters. The zero-order chi connectivity index (χ0) is 14.7. The van der Waals surface area contributed by atoms with Crippen molar-refractivity contribution in [1.29, 1.82) is 0 Å². The number of nitrogens with zero attached hydrogens (tertiary/aromatic N) is 1. The lowest BCUT2D eigenvalue weighted by atomic mass is 10.1. The van der Waals surface area contributed by atoms with Crippen LogP contribution in [-0.4, -0.2) is 21.8 Å². The van der Waals surface area contributed by atoms with Crippen molar-refractivity contribution in [1.82, 2.24) is 9.55 Å². The minimum atomic E-state index is -0.605. The smallest absolute Gasteiger partial charge is 0.331 e. The Morgan fingerprint density at radius 2 is 1.90 bits per heavy atom. The molecule has 0 aliphatic rings. The Morgan fingerprint density at radius 3 is 2.50 bits per heavy atom. The van der Waals surface area contributed by atoms with E-state index < -0.39 is 11.2 Å². The molecule has 0 fully saturated rings. The molecule has 106 valence electrons. The predicted octanol–water partition coefficient (Wildman–Crippen LogP) is 0.802. The van der Waals surface area contributed by atoms with Gasteiger partial charge in [0.15, 0.2) is 0 Å². The van der Waals surface area contributed by atoms with Crippen LogP contribution in [0, 0.1) is 6.92 Å². The van der Waals surface area contributed by atoms with Gasteiger partial charge < -0.3 is 9.84 Å². The Labute approximate surface area is 115 Å². The maximum Gasteiger partial charge on any atom is 0.331 e. The summed E-state index contributed by atoms with van der Waals surface area (Å²) in [6.07, 6.45) is 0.558. The number of ether oxygens (including phenoxy) is 1. The van der Waals surface area contributed by atoms with Gasteiger partial charge in [-0.05, 0) is 31.0 Å². The van der Waals surface area contributed by atoms with Gasteiger partial charge in [0.25, 0.3) is 5.56 Å². The second kappa shape index (κ2) is 5.64. The summed E-state index contributed by atoms with van der Waals surface area (Å²) in [7, 11) is 1.59. The molecule has 2 rings (SSSR count). The van der Waals surface area contributed by atoms with Gasteiger partial charge >= 0.3 is 5.69 Å². The normalized spacial score (nSPS) is 10.5. The van der Waals surface area contributed by atoms with E-state index in [4.69, 9.17) is 4.74 Å². The Hall–Kier alpha value is -2.50. The maximum atomic E-state index is 11.7. The predicted molar refractivity (Wildman–Crippen MR) is 74.4 cm³/mol. The fourth-order valence-electron chi connectivity index (χ4n) is 1.90. The van der Waals surface area contributed by atoms with Crippen molar-refractivity contribution in [2.45, 2.75) is 19.9 Å². The van der Waals surface area contributed by atoms with Gasteiger partial charge in [-0.1, -0.05) is 12.1 Å². The number of aromatic hydroxyl groups is 1. The minimum Gasteiger partial charge on any atom is -0.497 e. The van der Waals surface area contributed by atoms with Gasteiger partial charge in [0.2, 0.25) is 5.88 Å². The lowest BCUT2D eigenvalue weighted by Crippen LogP contribution is -2.31. The highest BCUT2D eigenvalue weighted by atomic mass is 16.5. The van der Waals surface area contributed by atoms with Crippen LogP contribution in [0.15, 0.2) is 33.9 Å². The fraction of sp³-hybridized carbons (Fsp3) is 0.286. The van der Waals surface area contributed by atoms with Crippen molar-refractivity contribution >= 4 is 0 Å². The van der Waals surface area contributed by atoms with E-state index in [2.05, 4.69) is 4.98 Å². The highest BCUT2D eigenvalue weighted by Gasteiger charge is 2.09. The van der Waals surface area contributed by atoms with E-state index in [-0.39, 0.29) is 18.0 Å². The summed E-state index contributed by atoms with van der Waals surface area (Å²) >= 11 is 0. The van der Waals surface area contributed by atoms with Gasteiger partial charge in [0, 0.05) is 6.54 Å². The van der Waals surface area contributed by atoms with Gasteiger partial charge in [0.05, 0.1) is 12.7 Å². The van der Waals surface area contributed by atoms with Crippen molar-refractivity contribution in [2.75, 3.05) is 7.11 Å². The SMILES string of the molecule is COc1ccc(CCn2c(O)c(C)c(=O)[nH]c2=O)cc1. The molecule has 0 saturated heterocycles. The van der Waals surface area contributed by atoms with Crippen molar-refractivity contribution < 1.29 is 9.84 Å². The summed E-state index contributed by atoms with van der Waals surface area (Å²) < 4.78 is 6.22. The van der Waals surface area contributed by atoms with E-state index in [0.717, 1.165) is 15.9 Å². The molecule has 0 atom stereocenters. The van der Waals surface area contributed by atoms with E-state index in [9.17, 15) is 14.7 Å². The van der Waals surface area contributed by atoms with Crippen LogP contribution in [0.4, 0.5) is 0 Å². The third-order valence-electron chi connectivity index (χ3n) is 3.18. The van der Waals surface area contributed by atoms with Crippen molar-refractivity contribution in [3.05, 3.63) is 56.2 Å². The lowest BCUT2D eigenvalue weighted by Gasteiger charge is -2.09. The molecule has 0 aliphatic carbocycles. The van der Waals surface area contributed by atoms with Crippen molar-refractivity contribution in [3.63, 3.8) is 0 Å². The number of H-pyrrole nitrogens is 1. The molecule has 0 spiro atoms. The summed E-state index contributed by atoms with van der Waals surface area (Å²) in [6, 6.07) is 7.44. The molecule has 1 aromatic carbocycles. The summed E-state index contributed by atoms with van der Waals surface area (Å²) in [5, 5.41) is 9.84. The van der Waals surface area contributed by atoms with Crippen LogP contribution in [-0.2, 0) is 13.0 Å². The lowest BCUT2D eigenvalue weighted by molar-refractivity contribution is 0.395. The minimum absolute atomic E-state index is 0.138. The molecule has 0 aliphatic heterocycles. The van der Waals surface area contributed by atoms with Crippen LogP contribution in [0.2, 0.25) is 0 Å². The number of benzene rings is 1. The van der Waals surface area contributed by atoms with Gasteiger partial charge in [-0.3, -0.25) is 14.3 Å². The number of aromatic nitrogens is 2. The molecule has 1 aromatic heterocycles. The number of aryl methyl sites for hydroxylation is 1. The molecule has 0 amide bonds. The van der Waals surface area contributed by atoms with Crippen LogP contribution >= 0.6 is 0 Å². The molecule has 0 saturated carbocycles. The van der Waals surface area contributed by atoms with Crippen molar-refractivity contribution in [3.8, 4) is 11.6 Å². The second-order valence-corrected chi connectivity index (χ2v) is 4.46. The number of nitrogens with one attached hydrogen (secondary N) is 1. The van der Waals surface area contributed by atoms with Crippen LogP contribution in [0.1, 0.15) is 11.1 Å². The standard InChI is InChI=1S/C14H16N2O4/c1-9-12(17)15-14(19)16(13(9)18)8-7-10-3-5-11(20-2)6-4-10/h3-6,18H,7-8H2,1-2H3,(H,15,17,19). The first-order valence-corrected chi connectivity index (χ1v) is 6.18. The average Bonchev–Trinajstić information content (AvgIpc) is 2.45. The summed E-state index contributed by atoms with van der Waals surface area (Å²) in [5.74, 6) is 0.473. The topological polar surface area (TPSA) is 84.3 Å². The number of methoxy groups -OCH3 is 1. The molecule has 0 bridgehead atoms. The fourth-order valence-corrected chi connectivity index (χ4v) is 1.90. The van der Waals surface area contributed by atoms with Crippen molar-refractivity contribution in [2.24, 2.45) is 0 Å². The third-order valence-corrected chi connectivity index (χ3v) is 3.18. The molecular formula is C14H16N2O4. The number of hydrogen-bond acceptors (Lipinski definition) is 4. The van der Waals surface area contributed by atoms with Gasteiger partial charge in [-0.25, -0.2) is 4.79 Å². The molecule has 20 heavy (non-hydrogen) atoms.